The normalized spacial score (nSPS) is 15.5. The van der Waals surface area contributed by atoms with Crippen molar-refractivity contribution in [1.82, 2.24) is 4.90 Å². The molecule has 5 nitrogen and oxygen atoms in total. The molecule has 2 amide bonds. The van der Waals surface area contributed by atoms with Gasteiger partial charge in [0.2, 0.25) is 11.8 Å². The number of nitrogens with two attached hydrogens (primary N) is 1. The lowest BCUT2D eigenvalue weighted by Crippen LogP contribution is -2.41. The van der Waals surface area contributed by atoms with Crippen LogP contribution in [0.1, 0.15) is 31.2 Å². The van der Waals surface area contributed by atoms with Gasteiger partial charge in [-0.1, -0.05) is 11.6 Å². The Bertz CT molecular complexity index is 569. The standard InChI is InChI=1S/C17H23ClN2O3/c1-12-11-14(4-5-15(12)18)23-10-2-3-16(21)20-8-6-13(7-9-20)17(19)22/h4-5,11,13H,2-3,6-10H2,1H3,(H2,19,22). The number of piperidine rings is 1. The van der Waals surface area contributed by atoms with Gasteiger partial charge in [-0.2, -0.15) is 0 Å². The second kappa shape index (κ2) is 8.20. The molecular formula is C17H23ClN2O3. The fraction of sp³-hybridized carbons (Fsp3) is 0.529. The zero-order chi connectivity index (χ0) is 16.8. The van der Waals surface area contributed by atoms with Crippen LogP contribution >= 0.6 is 11.6 Å². The van der Waals surface area contributed by atoms with E-state index >= 15 is 0 Å². The van der Waals surface area contributed by atoms with E-state index in [4.69, 9.17) is 22.1 Å². The molecule has 1 aromatic rings. The smallest absolute Gasteiger partial charge is 0.222 e. The summed E-state index contributed by atoms with van der Waals surface area (Å²) >= 11 is 5.96. The molecule has 0 aromatic heterocycles. The molecular weight excluding hydrogens is 316 g/mol. The summed E-state index contributed by atoms with van der Waals surface area (Å²) in [4.78, 5) is 25.0. The van der Waals surface area contributed by atoms with Crippen molar-refractivity contribution >= 4 is 23.4 Å². The molecule has 1 aromatic carbocycles. The van der Waals surface area contributed by atoms with Gasteiger partial charge in [0.05, 0.1) is 6.61 Å². The van der Waals surface area contributed by atoms with Gasteiger partial charge in [0.15, 0.2) is 0 Å². The van der Waals surface area contributed by atoms with Crippen LogP contribution in [0, 0.1) is 12.8 Å². The molecule has 2 rings (SSSR count). The maximum absolute atomic E-state index is 12.1. The number of hydrogen-bond donors (Lipinski definition) is 1. The van der Waals surface area contributed by atoms with Crippen LogP contribution in [0.4, 0.5) is 0 Å². The topological polar surface area (TPSA) is 72.6 Å². The Morgan fingerprint density at radius 1 is 1.35 bits per heavy atom. The molecule has 1 heterocycles. The molecule has 0 unspecified atom stereocenters. The number of aryl methyl sites for hydroxylation is 1. The number of benzene rings is 1. The zero-order valence-electron chi connectivity index (χ0n) is 13.4. The Morgan fingerprint density at radius 2 is 2.04 bits per heavy atom. The third-order valence-corrected chi connectivity index (χ3v) is 4.61. The van der Waals surface area contributed by atoms with Crippen LogP contribution in [-0.4, -0.2) is 36.4 Å². The van der Waals surface area contributed by atoms with E-state index in [0.717, 1.165) is 11.3 Å². The monoisotopic (exact) mass is 338 g/mol. The molecule has 1 aliphatic heterocycles. The van der Waals surface area contributed by atoms with Gasteiger partial charge in [-0.15, -0.1) is 0 Å². The van der Waals surface area contributed by atoms with Crippen LogP contribution in [0.5, 0.6) is 5.75 Å². The molecule has 6 heteroatoms. The third-order valence-electron chi connectivity index (χ3n) is 4.18. The van der Waals surface area contributed by atoms with Gasteiger partial charge in [0.1, 0.15) is 5.75 Å². The lowest BCUT2D eigenvalue weighted by molar-refractivity contribution is -0.135. The first kappa shape index (κ1) is 17.6. The summed E-state index contributed by atoms with van der Waals surface area (Å²) < 4.78 is 5.64. The molecule has 0 aliphatic carbocycles. The lowest BCUT2D eigenvalue weighted by Gasteiger charge is -2.30. The maximum atomic E-state index is 12.1. The number of amides is 2. The maximum Gasteiger partial charge on any atom is 0.222 e. The molecule has 23 heavy (non-hydrogen) atoms. The number of nitrogens with zero attached hydrogens (tertiary/aromatic N) is 1. The van der Waals surface area contributed by atoms with Crippen molar-refractivity contribution in [3.63, 3.8) is 0 Å². The van der Waals surface area contributed by atoms with Crippen molar-refractivity contribution in [1.29, 1.82) is 0 Å². The molecule has 0 spiro atoms. The fourth-order valence-corrected chi connectivity index (χ4v) is 2.81. The minimum atomic E-state index is -0.260. The second-order valence-corrected chi connectivity index (χ2v) is 6.33. The summed E-state index contributed by atoms with van der Waals surface area (Å²) in [7, 11) is 0. The minimum absolute atomic E-state index is 0.0875. The number of rotatable bonds is 6. The van der Waals surface area contributed by atoms with Crippen LogP contribution < -0.4 is 10.5 Å². The highest BCUT2D eigenvalue weighted by Crippen LogP contribution is 2.21. The molecule has 1 saturated heterocycles. The van der Waals surface area contributed by atoms with E-state index in [2.05, 4.69) is 0 Å². The Kier molecular flexibility index (Phi) is 6.28. The van der Waals surface area contributed by atoms with E-state index in [9.17, 15) is 9.59 Å². The van der Waals surface area contributed by atoms with Crippen LogP contribution in [0.25, 0.3) is 0 Å². The Labute approximate surface area is 141 Å². The van der Waals surface area contributed by atoms with Gasteiger partial charge < -0.3 is 15.4 Å². The Hall–Kier alpha value is -1.75. The number of primary amides is 1. The number of likely N-dealkylation sites (tertiary alicyclic amines) is 1. The van der Waals surface area contributed by atoms with Crippen LogP contribution in [0.15, 0.2) is 18.2 Å². The van der Waals surface area contributed by atoms with Gasteiger partial charge >= 0.3 is 0 Å². The Morgan fingerprint density at radius 3 is 2.65 bits per heavy atom. The quantitative estimate of drug-likeness (QED) is 0.810. The predicted molar refractivity (Wildman–Crippen MR) is 89.4 cm³/mol. The summed E-state index contributed by atoms with van der Waals surface area (Å²) in [5, 5.41) is 0.715. The zero-order valence-corrected chi connectivity index (χ0v) is 14.1. The predicted octanol–water partition coefficient (Wildman–Crippen LogP) is 2.53. The van der Waals surface area contributed by atoms with E-state index < -0.39 is 0 Å². The van der Waals surface area contributed by atoms with Gasteiger partial charge in [-0.05, 0) is 49.9 Å². The first-order chi connectivity index (χ1) is 11.0. The molecule has 1 aliphatic rings. The van der Waals surface area contributed by atoms with Gasteiger partial charge in [0.25, 0.3) is 0 Å². The molecule has 0 radical (unpaired) electrons. The molecule has 2 N–H and O–H groups in total. The lowest BCUT2D eigenvalue weighted by atomic mass is 9.96. The van der Waals surface area contributed by atoms with Gasteiger partial charge in [-0.25, -0.2) is 0 Å². The van der Waals surface area contributed by atoms with E-state index in [1.165, 1.54) is 0 Å². The first-order valence-corrected chi connectivity index (χ1v) is 8.31. The second-order valence-electron chi connectivity index (χ2n) is 5.92. The summed E-state index contributed by atoms with van der Waals surface area (Å²) in [6.45, 7) is 3.65. The van der Waals surface area contributed by atoms with Crippen molar-refractivity contribution in [2.75, 3.05) is 19.7 Å². The molecule has 0 atom stereocenters. The number of carbonyl (C=O) groups excluding carboxylic acids is 2. The molecule has 0 bridgehead atoms. The van der Waals surface area contributed by atoms with Gasteiger partial charge in [0, 0.05) is 30.5 Å². The number of halogens is 1. The van der Waals surface area contributed by atoms with Crippen LogP contribution in [0.3, 0.4) is 0 Å². The number of hydrogen-bond acceptors (Lipinski definition) is 3. The van der Waals surface area contributed by atoms with Crippen molar-refractivity contribution in [2.24, 2.45) is 11.7 Å². The largest absolute Gasteiger partial charge is 0.494 e. The van der Waals surface area contributed by atoms with Crippen LogP contribution in [-0.2, 0) is 9.59 Å². The number of ether oxygens (including phenoxy) is 1. The third kappa shape index (κ3) is 5.13. The average Bonchev–Trinajstić information content (AvgIpc) is 2.54. The van der Waals surface area contributed by atoms with Crippen molar-refractivity contribution in [3.8, 4) is 5.75 Å². The van der Waals surface area contributed by atoms with Crippen molar-refractivity contribution < 1.29 is 14.3 Å². The summed E-state index contributed by atoms with van der Waals surface area (Å²) in [6, 6.07) is 5.52. The first-order valence-electron chi connectivity index (χ1n) is 7.93. The van der Waals surface area contributed by atoms with Crippen LogP contribution in [0.2, 0.25) is 5.02 Å². The summed E-state index contributed by atoms with van der Waals surface area (Å²) in [6.07, 6.45) is 2.45. The average molecular weight is 339 g/mol. The summed E-state index contributed by atoms with van der Waals surface area (Å²) in [5.41, 5.74) is 6.26. The molecule has 1 fully saturated rings. The SMILES string of the molecule is Cc1cc(OCCCC(=O)N2CCC(C(N)=O)CC2)ccc1Cl. The highest BCUT2D eigenvalue weighted by Gasteiger charge is 2.25. The van der Waals surface area contributed by atoms with Crippen molar-refractivity contribution in [2.45, 2.75) is 32.6 Å². The Balaban J connectivity index is 1.67. The molecule has 0 saturated carbocycles. The van der Waals surface area contributed by atoms with E-state index in [-0.39, 0.29) is 17.7 Å². The highest BCUT2D eigenvalue weighted by molar-refractivity contribution is 6.31. The fourth-order valence-electron chi connectivity index (χ4n) is 2.69. The minimum Gasteiger partial charge on any atom is -0.494 e. The van der Waals surface area contributed by atoms with E-state index in [1.54, 1.807) is 6.07 Å². The number of carbonyl (C=O) groups is 2. The van der Waals surface area contributed by atoms with Gasteiger partial charge in [-0.3, -0.25) is 9.59 Å². The van der Waals surface area contributed by atoms with E-state index in [1.807, 2.05) is 24.0 Å². The summed E-state index contributed by atoms with van der Waals surface area (Å²) in [5.74, 6) is 0.532. The molecule has 126 valence electrons. The van der Waals surface area contributed by atoms with Crippen molar-refractivity contribution in [3.05, 3.63) is 28.8 Å². The van der Waals surface area contributed by atoms with E-state index in [0.29, 0.717) is 50.4 Å². The highest BCUT2D eigenvalue weighted by atomic mass is 35.5.